The van der Waals surface area contributed by atoms with Crippen LogP contribution in [0.2, 0.25) is 0 Å². The Morgan fingerprint density at radius 1 is 1.18 bits per heavy atom. The smallest absolute Gasteiger partial charge is 0.222 e. The van der Waals surface area contributed by atoms with Crippen molar-refractivity contribution in [3.05, 3.63) is 29.7 Å². The Morgan fingerprint density at radius 2 is 1.95 bits per heavy atom. The number of ether oxygens (including phenoxy) is 1. The van der Waals surface area contributed by atoms with Gasteiger partial charge in [-0.2, -0.15) is 10.1 Å². The summed E-state index contributed by atoms with van der Waals surface area (Å²) in [4.78, 5) is 16.3. The highest BCUT2D eigenvalue weighted by molar-refractivity contribution is 5.86. The largest absolute Gasteiger partial charge is 0.495 e. The average Bonchev–Trinajstić information content (AvgIpc) is 3.30. The molecule has 1 saturated heterocycles. The molecule has 4 N–H and O–H groups in total. The molecule has 1 saturated carbocycles. The van der Waals surface area contributed by atoms with E-state index in [4.69, 9.17) is 15.5 Å². The lowest BCUT2D eigenvalue weighted by atomic mass is 9.64. The van der Waals surface area contributed by atoms with Crippen LogP contribution in [0.15, 0.2) is 18.5 Å². The van der Waals surface area contributed by atoms with Crippen LogP contribution in [0.3, 0.4) is 0 Å². The summed E-state index contributed by atoms with van der Waals surface area (Å²) in [6, 6.07) is 2.90. The Balaban J connectivity index is 1.33. The van der Waals surface area contributed by atoms with Gasteiger partial charge in [-0.25, -0.2) is 4.98 Å². The number of anilines is 2. The number of aliphatic hydroxyl groups is 1. The van der Waals surface area contributed by atoms with Gasteiger partial charge >= 0.3 is 0 Å². The number of nitrogens with one attached hydrogen (secondary N) is 1. The summed E-state index contributed by atoms with van der Waals surface area (Å²) in [5.41, 5.74) is 10.1. The van der Waals surface area contributed by atoms with Gasteiger partial charge in [0.25, 0.3) is 0 Å². The predicted molar refractivity (Wildman–Crippen MR) is 154 cm³/mol. The molecule has 1 atom stereocenters. The molecule has 1 aliphatic carbocycles. The summed E-state index contributed by atoms with van der Waals surface area (Å²) in [5, 5.41) is 17.6. The number of aliphatic hydroxyl groups excluding tert-OH is 1. The summed E-state index contributed by atoms with van der Waals surface area (Å²) in [6.07, 6.45) is 11.3. The molecule has 39 heavy (non-hydrogen) atoms. The van der Waals surface area contributed by atoms with Gasteiger partial charge in [0.1, 0.15) is 22.5 Å². The quantitative estimate of drug-likeness (QED) is 0.330. The third kappa shape index (κ3) is 5.82. The van der Waals surface area contributed by atoms with Gasteiger partial charge in [0.2, 0.25) is 5.95 Å². The number of hydrogen-bond donors (Lipinski definition) is 3. The molecule has 0 aromatic carbocycles. The number of methoxy groups -OCH3 is 1. The third-order valence-corrected chi connectivity index (χ3v) is 8.76. The summed E-state index contributed by atoms with van der Waals surface area (Å²) < 4.78 is 7.68. The fourth-order valence-electron chi connectivity index (χ4n) is 6.43. The molecule has 10 nitrogen and oxygen atoms in total. The Labute approximate surface area is 231 Å². The van der Waals surface area contributed by atoms with E-state index >= 15 is 0 Å². The van der Waals surface area contributed by atoms with E-state index in [0.29, 0.717) is 41.7 Å². The molecule has 4 heterocycles. The van der Waals surface area contributed by atoms with Gasteiger partial charge < -0.3 is 20.9 Å². The van der Waals surface area contributed by atoms with Crippen molar-refractivity contribution >= 4 is 22.8 Å². The molecule has 0 radical (unpaired) electrons. The second-order valence-electron chi connectivity index (χ2n) is 11.8. The monoisotopic (exact) mass is 536 g/mol. The van der Waals surface area contributed by atoms with Gasteiger partial charge in [-0.1, -0.05) is 13.3 Å². The lowest BCUT2D eigenvalue weighted by Crippen LogP contribution is -2.59. The summed E-state index contributed by atoms with van der Waals surface area (Å²) in [7, 11) is 1.71. The molecule has 0 unspecified atom stereocenters. The van der Waals surface area contributed by atoms with E-state index in [2.05, 4.69) is 52.1 Å². The zero-order chi connectivity index (χ0) is 27.6. The third-order valence-electron chi connectivity index (χ3n) is 8.76. The lowest BCUT2D eigenvalue weighted by molar-refractivity contribution is -0.0497. The number of aromatic nitrogens is 5. The van der Waals surface area contributed by atoms with Gasteiger partial charge in [-0.3, -0.25) is 14.6 Å². The minimum atomic E-state index is 0.0795. The first kappa shape index (κ1) is 27.6. The summed E-state index contributed by atoms with van der Waals surface area (Å²) in [5.74, 6) is 2.12. The van der Waals surface area contributed by atoms with Crippen molar-refractivity contribution in [3.8, 4) is 5.75 Å². The van der Waals surface area contributed by atoms with Crippen molar-refractivity contribution in [1.82, 2.24) is 29.6 Å². The van der Waals surface area contributed by atoms with Gasteiger partial charge in [0.15, 0.2) is 5.82 Å². The molecule has 212 valence electrons. The minimum Gasteiger partial charge on any atom is -0.495 e. The van der Waals surface area contributed by atoms with Crippen LogP contribution in [-0.4, -0.2) is 73.6 Å². The molecule has 1 spiro atoms. The van der Waals surface area contributed by atoms with Crippen LogP contribution in [0.5, 0.6) is 5.75 Å². The summed E-state index contributed by atoms with van der Waals surface area (Å²) >= 11 is 0. The maximum absolute atomic E-state index is 9.53. The van der Waals surface area contributed by atoms with E-state index in [1.54, 1.807) is 13.3 Å². The van der Waals surface area contributed by atoms with Crippen LogP contribution in [-0.2, 0) is 6.54 Å². The Kier molecular flexibility index (Phi) is 8.23. The normalized spacial score (nSPS) is 18.5. The Hall–Kier alpha value is -2.98. The van der Waals surface area contributed by atoms with Crippen LogP contribution in [0, 0.1) is 5.41 Å². The average molecular weight is 537 g/mol. The maximum atomic E-state index is 9.53. The van der Waals surface area contributed by atoms with Crippen LogP contribution in [0.25, 0.3) is 11.0 Å². The van der Waals surface area contributed by atoms with Crippen molar-refractivity contribution in [2.45, 2.75) is 90.3 Å². The highest BCUT2D eigenvalue weighted by Gasteiger charge is 2.45. The zero-order valence-electron chi connectivity index (χ0n) is 23.9. The van der Waals surface area contributed by atoms with Crippen molar-refractivity contribution in [1.29, 1.82) is 0 Å². The number of nitrogens with zero attached hydrogens (tertiary/aromatic N) is 6. The number of hydrogen-bond acceptors (Lipinski definition) is 9. The van der Waals surface area contributed by atoms with Crippen molar-refractivity contribution in [3.63, 3.8) is 0 Å². The molecule has 3 aromatic rings. The molecular formula is C29H44N8O2. The maximum Gasteiger partial charge on any atom is 0.222 e. The molecule has 2 fully saturated rings. The van der Waals surface area contributed by atoms with Crippen LogP contribution >= 0.6 is 0 Å². The number of likely N-dealkylation sites (tertiary alicyclic amines) is 1. The van der Waals surface area contributed by atoms with E-state index in [1.807, 2.05) is 10.9 Å². The minimum absolute atomic E-state index is 0.0795. The van der Waals surface area contributed by atoms with Crippen molar-refractivity contribution in [2.75, 3.05) is 37.9 Å². The van der Waals surface area contributed by atoms with E-state index in [9.17, 15) is 5.11 Å². The van der Waals surface area contributed by atoms with Crippen molar-refractivity contribution < 1.29 is 9.84 Å². The van der Waals surface area contributed by atoms with Gasteiger partial charge in [-0.15, -0.1) is 0 Å². The fraction of sp³-hybridized carbons (Fsp3) is 0.655. The number of nitrogens with two attached hydrogens (primary N) is 1. The first-order chi connectivity index (χ1) is 18.8. The number of rotatable bonds is 11. The molecule has 0 bridgehead atoms. The number of pyridine rings is 1. The standard InChI is InChI=1S/C29H44N8O2/c1-5-6-22(9-12-38)33-27-26-23(34-28(30)35-27)15-32-37(26)16-24-25(39-4)13-21(14-31-24)20-7-10-29(11-8-20)17-36(18-29)19(2)3/h13-15,19-20,22,38H,5-12,16-18H2,1-4H3,(H3,30,33,34,35)/t22-/m0/s1. The van der Waals surface area contributed by atoms with Crippen LogP contribution in [0.4, 0.5) is 11.8 Å². The second-order valence-corrected chi connectivity index (χ2v) is 11.8. The van der Waals surface area contributed by atoms with Crippen LogP contribution in [0.1, 0.15) is 82.9 Å². The van der Waals surface area contributed by atoms with Gasteiger partial charge in [-0.05, 0) is 75.3 Å². The topological polar surface area (TPSA) is 127 Å². The number of nitrogen functional groups attached to an aromatic ring is 1. The van der Waals surface area contributed by atoms with E-state index in [0.717, 1.165) is 29.8 Å². The molecule has 3 aromatic heterocycles. The Morgan fingerprint density at radius 3 is 2.62 bits per heavy atom. The van der Waals surface area contributed by atoms with Crippen molar-refractivity contribution in [2.24, 2.45) is 5.41 Å². The molecule has 10 heteroatoms. The number of fused-ring (bicyclic) bond motifs is 1. The lowest BCUT2D eigenvalue weighted by Gasteiger charge is -2.55. The first-order valence-corrected chi connectivity index (χ1v) is 14.5. The van der Waals surface area contributed by atoms with Gasteiger partial charge in [0, 0.05) is 38.0 Å². The highest BCUT2D eigenvalue weighted by Crippen LogP contribution is 2.49. The zero-order valence-corrected chi connectivity index (χ0v) is 23.9. The summed E-state index contributed by atoms with van der Waals surface area (Å²) in [6.45, 7) is 9.75. The molecule has 0 amide bonds. The molecule has 1 aliphatic heterocycles. The SMILES string of the molecule is CCC[C@@H](CCO)Nc1nc(N)nc2cnn(Cc3ncc(C4CCC5(CC4)CN(C(C)C)C5)cc3OC)c12. The highest BCUT2D eigenvalue weighted by atomic mass is 16.5. The first-order valence-electron chi connectivity index (χ1n) is 14.5. The van der Waals surface area contributed by atoms with E-state index in [1.165, 1.54) is 44.3 Å². The van der Waals surface area contributed by atoms with Gasteiger partial charge in [0.05, 0.1) is 19.9 Å². The second kappa shape index (κ2) is 11.6. The van der Waals surface area contributed by atoms with E-state index in [-0.39, 0.29) is 18.6 Å². The fourth-order valence-corrected chi connectivity index (χ4v) is 6.43. The Bertz CT molecular complexity index is 1250. The molecule has 2 aliphatic rings. The van der Waals surface area contributed by atoms with Crippen LogP contribution < -0.4 is 15.8 Å². The molecular weight excluding hydrogens is 492 g/mol. The molecule has 5 rings (SSSR count). The van der Waals surface area contributed by atoms with E-state index < -0.39 is 0 Å². The predicted octanol–water partition coefficient (Wildman–Crippen LogP) is 4.19.